The Morgan fingerprint density at radius 3 is 3.15 bits per heavy atom. The number of rotatable bonds is 2. The molecule has 1 atom stereocenters. The zero-order chi connectivity index (χ0) is 9.10. The quantitative estimate of drug-likeness (QED) is 0.823. The third-order valence-electron chi connectivity index (χ3n) is 2.04. The summed E-state index contributed by atoms with van der Waals surface area (Å²) in [5.74, 6) is 0. The van der Waals surface area contributed by atoms with Gasteiger partial charge in [-0.1, -0.05) is 23.5 Å². The van der Waals surface area contributed by atoms with Crippen molar-refractivity contribution in [1.29, 1.82) is 0 Å². The molecule has 0 fully saturated rings. The number of allylic oxidation sites excluding steroid dienone is 1. The molecule has 1 N–H and O–H groups in total. The minimum atomic E-state index is 0.479. The summed E-state index contributed by atoms with van der Waals surface area (Å²) in [6.07, 6.45) is 10.0. The molecule has 0 aliphatic heterocycles. The summed E-state index contributed by atoms with van der Waals surface area (Å²) < 4.78 is 1.08. The molecule has 4 heteroatoms. The van der Waals surface area contributed by atoms with Crippen LogP contribution < -0.4 is 5.32 Å². The lowest BCUT2D eigenvalue weighted by Gasteiger charge is -2.16. The van der Waals surface area contributed by atoms with Gasteiger partial charge in [-0.2, -0.15) is 0 Å². The fourth-order valence-corrected chi connectivity index (χ4v) is 2.58. The maximum atomic E-state index is 4.24. The van der Waals surface area contributed by atoms with E-state index in [9.17, 15) is 0 Å². The van der Waals surface area contributed by atoms with Crippen molar-refractivity contribution in [3.8, 4) is 0 Å². The molecular formula is C9H11BrN2S. The lowest BCUT2D eigenvalue weighted by Crippen LogP contribution is -2.18. The van der Waals surface area contributed by atoms with Gasteiger partial charge in [0.2, 0.25) is 0 Å². The van der Waals surface area contributed by atoms with Crippen LogP contribution in [0.4, 0.5) is 5.13 Å². The Labute approximate surface area is 90.2 Å². The van der Waals surface area contributed by atoms with Gasteiger partial charge in [-0.05, 0) is 35.2 Å². The molecule has 1 aliphatic carbocycles. The van der Waals surface area contributed by atoms with Gasteiger partial charge in [0.15, 0.2) is 5.13 Å². The number of nitrogens with one attached hydrogen (secondary N) is 1. The van der Waals surface area contributed by atoms with Crippen LogP contribution in [0.1, 0.15) is 19.3 Å². The molecule has 13 heavy (non-hydrogen) atoms. The van der Waals surface area contributed by atoms with Gasteiger partial charge in [-0.25, -0.2) is 4.98 Å². The number of anilines is 1. The van der Waals surface area contributed by atoms with Crippen molar-refractivity contribution in [1.82, 2.24) is 4.98 Å². The Balaban J connectivity index is 1.97. The summed E-state index contributed by atoms with van der Waals surface area (Å²) in [7, 11) is 0. The topological polar surface area (TPSA) is 24.9 Å². The zero-order valence-corrected chi connectivity index (χ0v) is 9.57. The minimum absolute atomic E-state index is 0.479. The van der Waals surface area contributed by atoms with Crippen molar-refractivity contribution in [3.05, 3.63) is 22.1 Å². The van der Waals surface area contributed by atoms with Crippen LogP contribution in [0.3, 0.4) is 0 Å². The average Bonchev–Trinajstić information content (AvgIpc) is 2.53. The molecule has 70 valence electrons. The van der Waals surface area contributed by atoms with Crippen molar-refractivity contribution in [2.24, 2.45) is 0 Å². The Morgan fingerprint density at radius 1 is 1.62 bits per heavy atom. The molecule has 1 heterocycles. The predicted molar refractivity (Wildman–Crippen MR) is 60.2 cm³/mol. The average molecular weight is 259 g/mol. The van der Waals surface area contributed by atoms with Gasteiger partial charge >= 0.3 is 0 Å². The molecule has 0 bridgehead atoms. The molecular weight excluding hydrogens is 248 g/mol. The van der Waals surface area contributed by atoms with E-state index >= 15 is 0 Å². The van der Waals surface area contributed by atoms with Crippen LogP contribution in [0, 0.1) is 0 Å². The molecule has 1 unspecified atom stereocenters. The zero-order valence-electron chi connectivity index (χ0n) is 7.16. The highest BCUT2D eigenvalue weighted by molar-refractivity contribution is 9.11. The van der Waals surface area contributed by atoms with Gasteiger partial charge < -0.3 is 5.32 Å². The summed E-state index contributed by atoms with van der Waals surface area (Å²) >= 11 is 5.04. The van der Waals surface area contributed by atoms with Gasteiger partial charge in [0, 0.05) is 6.04 Å². The van der Waals surface area contributed by atoms with E-state index in [1.165, 1.54) is 19.3 Å². The molecule has 0 radical (unpaired) electrons. The molecule has 0 spiro atoms. The lowest BCUT2D eigenvalue weighted by molar-refractivity contribution is 0.673. The smallest absolute Gasteiger partial charge is 0.184 e. The van der Waals surface area contributed by atoms with Crippen molar-refractivity contribution in [2.45, 2.75) is 25.3 Å². The summed E-state index contributed by atoms with van der Waals surface area (Å²) in [5.41, 5.74) is 0. The number of halogens is 1. The molecule has 0 saturated carbocycles. The van der Waals surface area contributed by atoms with E-state index in [-0.39, 0.29) is 0 Å². The number of aromatic nitrogens is 1. The fraction of sp³-hybridized carbons (Fsp3) is 0.444. The van der Waals surface area contributed by atoms with E-state index in [1.807, 2.05) is 6.20 Å². The SMILES string of the molecule is Brc1cnc(NC2C=CCCC2)s1. The Hall–Kier alpha value is -0.350. The first-order valence-electron chi connectivity index (χ1n) is 4.39. The van der Waals surface area contributed by atoms with E-state index < -0.39 is 0 Å². The third-order valence-corrected chi connectivity index (χ3v) is 3.45. The van der Waals surface area contributed by atoms with E-state index in [4.69, 9.17) is 0 Å². The summed E-state index contributed by atoms with van der Waals surface area (Å²) in [4.78, 5) is 4.24. The monoisotopic (exact) mass is 258 g/mol. The van der Waals surface area contributed by atoms with Crippen LogP contribution in [-0.2, 0) is 0 Å². The van der Waals surface area contributed by atoms with Crippen LogP contribution in [-0.4, -0.2) is 11.0 Å². The van der Waals surface area contributed by atoms with Crippen LogP contribution in [0.15, 0.2) is 22.1 Å². The largest absolute Gasteiger partial charge is 0.355 e. The van der Waals surface area contributed by atoms with Gasteiger partial charge in [-0.15, -0.1) is 0 Å². The highest BCUT2D eigenvalue weighted by atomic mass is 79.9. The number of thiazole rings is 1. The standard InChI is InChI=1S/C9H11BrN2S/c10-8-6-11-9(13-8)12-7-4-2-1-3-5-7/h2,4,6-7H,1,3,5H2,(H,11,12). The number of hydrogen-bond acceptors (Lipinski definition) is 3. The van der Waals surface area contributed by atoms with Gasteiger partial charge in [0.1, 0.15) is 0 Å². The Kier molecular flexibility index (Phi) is 3.01. The van der Waals surface area contributed by atoms with Crippen LogP contribution in [0.2, 0.25) is 0 Å². The van der Waals surface area contributed by atoms with E-state index in [0.717, 1.165) is 8.92 Å². The second-order valence-electron chi connectivity index (χ2n) is 3.08. The van der Waals surface area contributed by atoms with E-state index in [2.05, 4.69) is 38.4 Å². The highest BCUT2D eigenvalue weighted by Crippen LogP contribution is 2.25. The maximum absolute atomic E-state index is 4.24. The molecule has 1 aliphatic rings. The van der Waals surface area contributed by atoms with Gasteiger partial charge in [0.25, 0.3) is 0 Å². The Morgan fingerprint density at radius 2 is 2.54 bits per heavy atom. The van der Waals surface area contributed by atoms with Gasteiger partial charge in [-0.3, -0.25) is 0 Å². The second kappa shape index (κ2) is 4.24. The summed E-state index contributed by atoms with van der Waals surface area (Å²) in [6.45, 7) is 0. The second-order valence-corrected chi connectivity index (χ2v) is 5.49. The molecule has 0 aromatic carbocycles. The minimum Gasteiger partial charge on any atom is -0.355 e. The first-order valence-corrected chi connectivity index (χ1v) is 6.00. The first kappa shape index (κ1) is 9.21. The molecule has 0 amide bonds. The highest BCUT2D eigenvalue weighted by Gasteiger charge is 2.09. The van der Waals surface area contributed by atoms with Crippen molar-refractivity contribution < 1.29 is 0 Å². The third kappa shape index (κ3) is 2.54. The Bertz CT molecular complexity index is 308. The van der Waals surface area contributed by atoms with E-state index in [0.29, 0.717) is 6.04 Å². The van der Waals surface area contributed by atoms with Crippen LogP contribution >= 0.6 is 27.3 Å². The normalized spacial score (nSPS) is 21.8. The first-order chi connectivity index (χ1) is 6.34. The lowest BCUT2D eigenvalue weighted by atomic mass is 10.0. The predicted octanol–water partition coefficient (Wildman–Crippen LogP) is 3.43. The maximum Gasteiger partial charge on any atom is 0.184 e. The van der Waals surface area contributed by atoms with Crippen molar-refractivity contribution >= 4 is 32.4 Å². The molecule has 2 rings (SSSR count). The number of hydrogen-bond donors (Lipinski definition) is 1. The number of nitrogens with zero attached hydrogens (tertiary/aromatic N) is 1. The fourth-order valence-electron chi connectivity index (χ4n) is 1.41. The van der Waals surface area contributed by atoms with Crippen LogP contribution in [0.5, 0.6) is 0 Å². The van der Waals surface area contributed by atoms with Crippen LogP contribution in [0.25, 0.3) is 0 Å². The van der Waals surface area contributed by atoms with Crippen molar-refractivity contribution in [2.75, 3.05) is 5.32 Å². The molecule has 1 aromatic heterocycles. The summed E-state index contributed by atoms with van der Waals surface area (Å²) in [6, 6.07) is 0.479. The van der Waals surface area contributed by atoms with E-state index in [1.54, 1.807) is 11.3 Å². The van der Waals surface area contributed by atoms with Gasteiger partial charge in [0.05, 0.1) is 9.98 Å². The summed E-state index contributed by atoms with van der Waals surface area (Å²) in [5, 5.41) is 4.40. The molecule has 2 nitrogen and oxygen atoms in total. The molecule has 0 saturated heterocycles. The van der Waals surface area contributed by atoms with Crippen molar-refractivity contribution in [3.63, 3.8) is 0 Å². The molecule has 1 aromatic rings.